The molecule has 6 atom stereocenters. The maximum Gasteiger partial charge on any atom is 0.355 e. The summed E-state index contributed by atoms with van der Waals surface area (Å²) in [5, 5.41) is 23.0. The van der Waals surface area contributed by atoms with Crippen molar-refractivity contribution >= 4 is 142 Å². The van der Waals surface area contributed by atoms with E-state index in [0.717, 1.165) is 5.56 Å². The van der Waals surface area contributed by atoms with Crippen molar-refractivity contribution in [3.8, 4) is 62.3 Å². The molecule has 18 rings (SSSR count). The van der Waals surface area contributed by atoms with Gasteiger partial charge in [-0.1, -0.05) is 114 Å². The number of benzene rings is 3. The number of aryl methyl sites for hydroxylation is 6. The quantitative estimate of drug-likeness (QED) is 0.0634. The van der Waals surface area contributed by atoms with Gasteiger partial charge in [-0.25, -0.2) is 86.1 Å². The number of rotatable bonds is 15. The third kappa shape index (κ3) is 16.7. The number of nitrogens with two attached hydrogens (primary N) is 1. The summed E-state index contributed by atoms with van der Waals surface area (Å²) in [5.41, 5.74) is 14.0. The van der Waals surface area contributed by atoms with E-state index in [2.05, 4.69) is 49.6 Å². The number of nitrogens with zero attached hydrogens (tertiary/aromatic N) is 24. The zero-order valence-corrected chi connectivity index (χ0v) is 81.6. The minimum Gasteiger partial charge on any atom is -0.507 e. The van der Waals surface area contributed by atoms with Crippen LogP contribution < -0.4 is 37.5 Å². The van der Waals surface area contributed by atoms with Gasteiger partial charge in [0.2, 0.25) is 17.7 Å². The minimum atomic E-state index is -0.724. The van der Waals surface area contributed by atoms with Gasteiger partial charge in [0.05, 0.1) is 118 Å². The van der Waals surface area contributed by atoms with E-state index in [4.69, 9.17) is 70.4 Å². The standard InChI is InChI=1S/C33H35ClFN9O2.2C33H34ClFN8O3/c1-8-24(45)42-13-18(5)43(14-17(42)4)30-20-12-21(34)28(25-22(35)10-9-11-23(25)36)39-31(20)44(33(46)40-30)29-19(6)27-32(41(7)15-37-27)38-26(29)16(2)3;2*1-8-24(45)41-13-18(5)42(14-17(41)4)30-20-12-21(34)28(25-22(35)10-9-11-23(25)44)38-31(20)43(33(46)39-30)29-19(6)27-32(40(7)15-36-27)37-26(29)16(2)3/h8-12,15-18H,1,13-14,36H2,2-7H3;2*8-12,15-18,44H,1,13-14H2,2-7H3/t3*17-,18+/m111/s1. The van der Waals surface area contributed by atoms with Crippen LogP contribution in [0.1, 0.15) is 135 Å². The van der Waals surface area contributed by atoms with Gasteiger partial charge in [0, 0.05) is 119 Å². The average Bonchev–Trinajstić information content (AvgIpc) is 1.25. The highest BCUT2D eigenvalue weighted by molar-refractivity contribution is 6.35. The Morgan fingerprint density at radius 2 is 0.674 bits per heavy atom. The molecule has 138 heavy (non-hydrogen) atoms. The summed E-state index contributed by atoms with van der Waals surface area (Å²) >= 11 is 20.5. The van der Waals surface area contributed by atoms with Gasteiger partial charge in [-0.2, -0.15) is 15.0 Å². The summed E-state index contributed by atoms with van der Waals surface area (Å²) in [6.07, 6.45) is 8.89. The van der Waals surface area contributed by atoms with Gasteiger partial charge in [0.1, 0.15) is 63.0 Å². The fraction of sp³-hybridized carbons (Fsp3) is 0.333. The first-order valence-corrected chi connectivity index (χ1v) is 46.1. The summed E-state index contributed by atoms with van der Waals surface area (Å²) in [5.74, 6) is -2.59. The normalized spacial score (nSPS) is 17.0. The number of aromatic nitrogens is 18. The van der Waals surface area contributed by atoms with Crippen LogP contribution >= 0.6 is 34.8 Å². The summed E-state index contributed by atoms with van der Waals surface area (Å²) in [6.45, 7) is 42.3. The van der Waals surface area contributed by atoms with E-state index in [9.17, 15) is 39.0 Å². The molecule has 3 aliphatic rings. The number of imidazole rings is 3. The Morgan fingerprint density at radius 3 is 0.935 bits per heavy atom. The van der Waals surface area contributed by atoms with Gasteiger partial charge in [-0.3, -0.25) is 14.4 Å². The van der Waals surface area contributed by atoms with Gasteiger partial charge in [-0.15, -0.1) is 0 Å². The van der Waals surface area contributed by atoms with E-state index < -0.39 is 34.5 Å². The number of hydrogen-bond acceptors (Lipinski definition) is 24. The van der Waals surface area contributed by atoms with Crippen molar-refractivity contribution < 1.29 is 37.8 Å². The fourth-order valence-corrected chi connectivity index (χ4v) is 19.6. The number of fused-ring (bicyclic) bond motifs is 6. The number of aromatic hydroxyl groups is 2. The Hall–Kier alpha value is -14.5. The van der Waals surface area contributed by atoms with Crippen LogP contribution in [-0.4, -0.2) is 205 Å². The first kappa shape index (κ1) is 96.6. The van der Waals surface area contributed by atoms with Gasteiger partial charge in [-0.05, 0) is 153 Å². The lowest BCUT2D eigenvalue weighted by molar-refractivity contribution is -0.129. The van der Waals surface area contributed by atoms with E-state index >= 15 is 13.2 Å². The van der Waals surface area contributed by atoms with E-state index in [0.29, 0.717) is 152 Å². The molecule has 3 saturated heterocycles. The number of piperazine rings is 3. The van der Waals surface area contributed by atoms with Crippen molar-refractivity contribution in [3.63, 3.8) is 0 Å². The smallest absolute Gasteiger partial charge is 0.355 e. The van der Waals surface area contributed by atoms with Crippen LogP contribution in [0.25, 0.3) is 117 Å². The molecule has 0 radical (unpaired) electrons. The molecule has 15 heterocycles. The Labute approximate surface area is 805 Å². The maximum atomic E-state index is 15.3. The summed E-state index contributed by atoms with van der Waals surface area (Å²) in [6, 6.07) is 15.7. The predicted molar refractivity (Wildman–Crippen MR) is 532 cm³/mol. The lowest BCUT2D eigenvalue weighted by Gasteiger charge is -2.44. The Bertz CT molecular complexity index is 7030. The van der Waals surface area contributed by atoms with Crippen molar-refractivity contribution in [3.05, 3.63) is 227 Å². The maximum absolute atomic E-state index is 15.3. The molecule has 0 saturated carbocycles. The molecule has 3 aromatic carbocycles. The summed E-state index contributed by atoms with van der Waals surface area (Å²) < 4.78 is 55.4. The molecule has 15 aromatic rings. The molecule has 4 N–H and O–H groups in total. The van der Waals surface area contributed by atoms with Crippen LogP contribution in [0.3, 0.4) is 0 Å². The van der Waals surface area contributed by atoms with Crippen LogP contribution in [0.15, 0.2) is 144 Å². The second-order valence-corrected chi connectivity index (χ2v) is 37.5. The van der Waals surface area contributed by atoms with Crippen LogP contribution in [0, 0.1) is 38.2 Å². The van der Waals surface area contributed by atoms with E-state index in [1.165, 1.54) is 80.5 Å². The number of phenols is 2. The van der Waals surface area contributed by atoms with E-state index in [-0.39, 0.29) is 155 Å². The molecule has 0 aliphatic carbocycles. The lowest BCUT2D eigenvalue weighted by atomic mass is 10.0. The number of pyridine rings is 6. The highest BCUT2D eigenvalue weighted by atomic mass is 35.5. The Morgan fingerprint density at radius 1 is 0.406 bits per heavy atom. The van der Waals surface area contributed by atoms with Crippen LogP contribution in [-0.2, 0) is 35.5 Å². The van der Waals surface area contributed by atoms with Crippen LogP contribution in [0.5, 0.6) is 11.5 Å². The van der Waals surface area contributed by atoms with Gasteiger partial charge >= 0.3 is 17.1 Å². The number of carbonyl (C=O) groups excluding carboxylic acids is 3. The van der Waals surface area contributed by atoms with Crippen molar-refractivity contribution in [2.24, 2.45) is 21.1 Å². The molecule has 0 unspecified atom stereocenters. The molecular weight excluding hydrogens is 1830 g/mol. The number of anilines is 4. The molecule has 12 aromatic heterocycles. The van der Waals surface area contributed by atoms with Gasteiger partial charge in [0.25, 0.3) is 0 Å². The van der Waals surface area contributed by atoms with Crippen LogP contribution in [0.4, 0.5) is 36.3 Å². The highest BCUT2D eigenvalue weighted by Crippen LogP contribution is 2.46. The first-order chi connectivity index (χ1) is 65.5. The van der Waals surface area contributed by atoms with E-state index in [1.54, 1.807) is 57.9 Å². The van der Waals surface area contributed by atoms with E-state index in [1.807, 2.05) is 153 Å². The lowest BCUT2D eigenvalue weighted by Crippen LogP contribution is -2.58. The molecule has 33 nitrogen and oxygen atoms in total. The SMILES string of the molecule is C=CC(=O)N1C[C@H](C)N(c2nc(=O)n(-c3c(C(C)C)nc4c(ncn4C)c3C)c3nc(-c4c(N)cccc4F)c(Cl)cc23)C[C@H]1C.C=CC(=O)N1C[C@H](C)N(c2nc(=O)n(-c3c(C(C)C)nc4c(ncn4C)c3C)c3nc(-c4c(O)cccc4F)c(Cl)cc23)C[C@H]1C.C=CC(=O)N1C[C@H](C)N(c2nc(=O)n(-c3c(C(C)C)nc4c(ncn4C)c3C)c3nc(-c4c(O)cccc4F)c(Cl)cc23)C[C@H]1C. The number of nitrogen functional groups attached to an aromatic ring is 1. The molecular formula is C99H103Cl3F3N25O8. The Kier molecular flexibility index (Phi) is 26.3. The zero-order valence-electron chi connectivity index (χ0n) is 79.4. The molecule has 3 amide bonds. The third-order valence-corrected chi connectivity index (χ3v) is 26.7. The number of phenolic OH excluding ortho intramolecular Hbond substituents is 2. The summed E-state index contributed by atoms with van der Waals surface area (Å²) in [4.78, 5) is 149. The second-order valence-electron chi connectivity index (χ2n) is 36.3. The first-order valence-electron chi connectivity index (χ1n) is 45.0. The number of halogens is 6. The number of carbonyl (C=O) groups is 3. The van der Waals surface area contributed by atoms with Gasteiger partial charge in [0.15, 0.2) is 33.9 Å². The van der Waals surface area contributed by atoms with Gasteiger partial charge < -0.3 is 59.0 Å². The second kappa shape index (κ2) is 37.5. The van der Waals surface area contributed by atoms with Crippen molar-refractivity contribution in [2.75, 3.05) is 59.7 Å². The molecule has 3 aliphatic heterocycles. The highest BCUT2D eigenvalue weighted by Gasteiger charge is 2.40. The van der Waals surface area contributed by atoms with Crippen molar-refractivity contribution in [2.45, 2.75) is 158 Å². The minimum absolute atomic E-state index is 0.0319. The fourth-order valence-electron chi connectivity index (χ4n) is 18.9. The van der Waals surface area contributed by atoms with Crippen molar-refractivity contribution in [1.29, 1.82) is 0 Å². The molecule has 0 spiro atoms. The number of hydrogen-bond donors (Lipinski definition) is 3. The van der Waals surface area contributed by atoms with Crippen LogP contribution in [0.2, 0.25) is 15.1 Å². The molecule has 714 valence electrons. The largest absolute Gasteiger partial charge is 0.507 e. The zero-order chi connectivity index (χ0) is 99.6. The third-order valence-electron chi connectivity index (χ3n) is 25.9. The van der Waals surface area contributed by atoms with Crippen molar-refractivity contribution in [1.82, 2.24) is 102 Å². The Balaban J connectivity index is 0.000000150. The molecule has 0 bridgehead atoms. The number of amides is 3. The molecule has 3 fully saturated rings. The average molecular weight is 1930 g/mol. The summed E-state index contributed by atoms with van der Waals surface area (Å²) in [7, 11) is 5.57. The monoisotopic (exact) mass is 1930 g/mol. The molecule has 39 heteroatoms. The topological polar surface area (TPSA) is 373 Å². The predicted octanol–water partition coefficient (Wildman–Crippen LogP) is 15.7.